The summed E-state index contributed by atoms with van der Waals surface area (Å²) in [6, 6.07) is 4.98. The van der Waals surface area contributed by atoms with Gasteiger partial charge in [0.05, 0.1) is 10.9 Å². The molecule has 0 saturated carbocycles. The van der Waals surface area contributed by atoms with E-state index in [0.29, 0.717) is 29.2 Å². The number of piperidine rings is 1. The molecule has 1 atom stereocenters. The summed E-state index contributed by atoms with van der Waals surface area (Å²) in [5.74, 6) is -1.29. The summed E-state index contributed by atoms with van der Waals surface area (Å²) >= 11 is 10.9. The Morgan fingerprint density at radius 3 is 2.65 bits per heavy atom. The molecule has 1 aliphatic rings. The van der Waals surface area contributed by atoms with Gasteiger partial charge in [-0.3, -0.25) is 0 Å². The average Bonchev–Trinajstić information content (AvgIpc) is 2.37. The van der Waals surface area contributed by atoms with Gasteiger partial charge in [0, 0.05) is 24.3 Å². The van der Waals surface area contributed by atoms with Crippen molar-refractivity contribution in [1.82, 2.24) is 0 Å². The molecule has 2 rings (SSSR count). The third-order valence-corrected chi connectivity index (χ3v) is 4.00. The smallest absolute Gasteiger partial charge is 0.389 e. The number of anilines is 1. The van der Waals surface area contributed by atoms with E-state index in [1.54, 1.807) is 23.1 Å². The van der Waals surface area contributed by atoms with Crippen molar-refractivity contribution in [2.24, 2.45) is 11.7 Å². The highest BCUT2D eigenvalue weighted by Crippen LogP contribution is 2.35. The van der Waals surface area contributed by atoms with E-state index < -0.39 is 12.1 Å². The Morgan fingerprint density at radius 1 is 1.40 bits per heavy atom. The number of benzene rings is 1. The number of hydrogen-bond donors (Lipinski definition) is 1. The molecule has 110 valence electrons. The third-order valence-electron chi connectivity index (χ3n) is 3.47. The van der Waals surface area contributed by atoms with Crippen LogP contribution >= 0.6 is 23.8 Å². The maximum Gasteiger partial charge on any atom is 0.393 e. The largest absolute Gasteiger partial charge is 0.393 e. The van der Waals surface area contributed by atoms with Gasteiger partial charge in [0.1, 0.15) is 4.99 Å². The average molecular weight is 323 g/mol. The van der Waals surface area contributed by atoms with Gasteiger partial charge in [-0.25, -0.2) is 0 Å². The molecule has 0 aromatic heterocycles. The van der Waals surface area contributed by atoms with Crippen LogP contribution in [0.5, 0.6) is 0 Å². The zero-order valence-corrected chi connectivity index (χ0v) is 12.2. The number of alkyl halides is 3. The topological polar surface area (TPSA) is 29.3 Å². The van der Waals surface area contributed by atoms with E-state index in [1.165, 1.54) is 0 Å². The van der Waals surface area contributed by atoms with Crippen LogP contribution in [0.25, 0.3) is 0 Å². The summed E-state index contributed by atoms with van der Waals surface area (Å²) in [4.78, 5) is 1.88. The summed E-state index contributed by atoms with van der Waals surface area (Å²) in [5, 5.41) is 0.365. The Morgan fingerprint density at radius 2 is 2.10 bits per heavy atom. The Balaban J connectivity index is 2.19. The molecule has 0 spiro atoms. The van der Waals surface area contributed by atoms with Gasteiger partial charge in [0.2, 0.25) is 0 Å². The lowest BCUT2D eigenvalue weighted by Gasteiger charge is -2.35. The zero-order valence-electron chi connectivity index (χ0n) is 10.6. The van der Waals surface area contributed by atoms with Crippen LogP contribution in [0.2, 0.25) is 5.02 Å². The van der Waals surface area contributed by atoms with Gasteiger partial charge >= 0.3 is 6.18 Å². The van der Waals surface area contributed by atoms with Gasteiger partial charge < -0.3 is 10.6 Å². The van der Waals surface area contributed by atoms with Gasteiger partial charge in [-0.15, -0.1) is 0 Å². The lowest BCUT2D eigenvalue weighted by atomic mass is 9.97. The molecular formula is C13H14ClF3N2S. The Kier molecular flexibility index (Phi) is 4.44. The van der Waals surface area contributed by atoms with Crippen LogP contribution in [-0.2, 0) is 0 Å². The molecule has 1 aromatic rings. The summed E-state index contributed by atoms with van der Waals surface area (Å²) in [7, 11) is 0. The lowest BCUT2D eigenvalue weighted by Crippen LogP contribution is -2.41. The van der Waals surface area contributed by atoms with Crippen LogP contribution in [0.3, 0.4) is 0 Å². The van der Waals surface area contributed by atoms with Crippen molar-refractivity contribution < 1.29 is 13.2 Å². The van der Waals surface area contributed by atoms with Crippen molar-refractivity contribution in [1.29, 1.82) is 0 Å². The number of rotatable bonds is 2. The van der Waals surface area contributed by atoms with Gasteiger partial charge in [-0.2, -0.15) is 13.2 Å². The van der Waals surface area contributed by atoms with Crippen molar-refractivity contribution in [3.8, 4) is 0 Å². The molecule has 1 saturated heterocycles. The van der Waals surface area contributed by atoms with Crippen LogP contribution in [0, 0.1) is 5.92 Å². The first-order valence-corrected chi connectivity index (χ1v) is 6.98. The molecule has 2 N–H and O–H groups in total. The number of thiocarbonyl (C=S) groups is 1. The second-order valence-corrected chi connectivity index (χ2v) is 5.70. The lowest BCUT2D eigenvalue weighted by molar-refractivity contribution is -0.175. The monoisotopic (exact) mass is 322 g/mol. The van der Waals surface area contributed by atoms with Crippen molar-refractivity contribution >= 4 is 34.5 Å². The fourth-order valence-electron chi connectivity index (χ4n) is 2.38. The highest BCUT2D eigenvalue weighted by molar-refractivity contribution is 7.80. The van der Waals surface area contributed by atoms with Crippen LogP contribution in [0.4, 0.5) is 18.9 Å². The fourth-order valence-corrected chi connectivity index (χ4v) is 2.89. The first kappa shape index (κ1) is 15.4. The number of nitrogens with zero attached hydrogens (tertiary/aromatic N) is 1. The van der Waals surface area contributed by atoms with E-state index in [4.69, 9.17) is 29.6 Å². The van der Waals surface area contributed by atoms with Crippen molar-refractivity contribution in [2.75, 3.05) is 18.0 Å². The minimum atomic E-state index is -4.15. The molecule has 20 heavy (non-hydrogen) atoms. The van der Waals surface area contributed by atoms with Gasteiger partial charge in [0.25, 0.3) is 0 Å². The first-order chi connectivity index (χ1) is 9.29. The minimum absolute atomic E-state index is 0.0355. The molecule has 1 aromatic carbocycles. The number of halogens is 4. The summed E-state index contributed by atoms with van der Waals surface area (Å²) in [5.41, 5.74) is 6.71. The first-order valence-electron chi connectivity index (χ1n) is 6.20. The van der Waals surface area contributed by atoms with E-state index >= 15 is 0 Å². The second-order valence-electron chi connectivity index (χ2n) is 4.86. The standard InChI is InChI=1S/C13H14ClF3N2S/c14-11-6-9(3-4-10(11)12(18)20)19-5-1-2-8(7-19)13(15,16)17/h3-4,6,8H,1-2,5,7H2,(H2,18,20). The quantitative estimate of drug-likeness (QED) is 0.841. The zero-order chi connectivity index (χ0) is 14.9. The molecule has 0 radical (unpaired) electrons. The van der Waals surface area contributed by atoms with Crippen molar-refractivity contribution in [3.05, 3.63) is 28.8 Å². The van der Waals surface area contributed by atoms with Gasteiger partial charge in [-0.05, 0) is 31.0 Å². The Hall–Kier alpha value is -1.01. The second kappa shape index (κ2) is 5.77. The summed E-state index contributed by atoms with van der Waals surface area (Å²) in [6.45, 7) is 0.557. The van der Waals surface area contributed by atoms with Crippen LogP contribution in [-0.4, -0.2) is 24.3 Å². The molecule has 2 nitrogen and oxygen atoms in total. The molecule has 1 unspecified atom stereocenters. The van der Waals surface area contributed by atoms with E-state index in [-0.39, 0.29) is 18.0 Å². The molecule has 1 fully saturated rings. The number of nitrogens with two attached hydrogens (primary N) is 1. The molecule has 0 amide bonds. The van der Waals surface area contributed by atoms with E-state index in [2.05, 4.69) is 0 Å². The highest BCUT2D eigenvalue weighted by Gasteiger charge is 2.41. The Bertz CT molecular complexity index is 519. The van der Waals surface area contributed by atoms with Crippen molar-refractivity contribution in [2.45, 2.75) is 19.0 Å². The summed E-state index contributed by atoms with van der Waals surface area (Å²) in [6.07, 6.45) is -3.46. The maximum absolute atomic E-state index is 12.8. The van der Waals surface area contributed by atoms with Gasteiger partial charge in [0.15, 0.2) is 0 Å². The molecular weight excluding hydrogens is 309 g/mol. The van der Waals surface area contributed by atoms with Gasteiger partial charge in [-0.1, -0.05) is 23.8 Å². The van der Waals surface area contributed by atoms with E-state index in [0.717, 1.165) is 0 Å². The van der Waals surface area contributed by atoms with Crippen LogP contribution < -0.4 is 10.6 Å². The van der Waals surface area contributed by atoms with Crippen LogP contribution in [0.15, 0.2) is 18.2 Å². The number of hydrogen-bond acceptors (Lipinski definition) is 2. The maximum atomic E-state index is 12.8. The fraction of sp³-hybridized carbons (Fsp3) is 0.462. The molecule has 0 bridgehead atoms. The van der Waals surface area contributed by atoms with E-state index in [9.17, 15) is 13.2 Å². The molecule has 7 heteroatoms. The SMILES string of the molecule is NC(=S)c1ccc(N2CCCC(C(F)(F)F)C2)cc1Cl. The molecule has 1 aliphatic heterocycles. The molecule has 0 aliphatic carbocycles. The predicted molar refractivity (Wildman–Crippen MR) is 78.3 cm³/mol. The van der Waals surface area contributed by atoms with Crippen molar-refractivity contribution in [3.63, 3.8) is 0 Å². The van der Waals surface area contributed by atoms with E-state index in [1.807, 2.05) is 0 Å². The van der Waals surface area contributed by atoms with Crippen LogP contribution in [0.1, 0.15) is 18.4 Å². The highest BCUT2D eigenvalue weighted by atomic mass is 35.5. The predicted octanol–water partition coefficient (Wildman–Crippen LogP) is 3.75. The third kappa shape index (κ3) is 3.35. The molecule has 1 heterocycles. The normalized spacial score (nSPS) is 20.0. The Labute approximate surface area is 125 Å². The minimum Gasteiger partial charge on any atom is -0.389 e. The summed E-state index contributed by atoms with van der Waals surface area (Å²) < 4.78 is 38.4.